The zero-order valence-electron chi connectivity index (χ0n) is 21.9. The number of likely N-dealkylation sites (tertiary alicyclic amines) is 1. The number of urea groups is 1. The number of fused-ring (bicyclic) bond motifs is 1. The van der Waals surface area contributed by atoms with Crippen molar-refractivity contribution < 1.29 is 28.6 Å². The molecule has 4 heterocycles. The van der Waals surface area contributed by atoms with Crippen LogP contribution in [0.2, 0.25) is 0 Å². The molecule has 3 atom stereocenters. The molecule has 0 unspecified atom stereocenters. The summed E-state index contributed by atoms with van der Waals surface area (Å²) in [6, 6.07) is 4.98. The van der Waals surface area contributed by atoms with Crippen LogP contribution in [0.15, 0.2) is 18.3 Å². The molecule has 1 N–H and O–H groups in total. The van der Waals surface area contributed by atoms with E-state index >= 15 is 0 Å². The Labute approximate surface area is 225 Å². The lowest BCUT2D eigenvalue weighted by molar-refractivity contribution is -0.136. The number of aldehydes is 1. The van der Waals surface area contributed by atoms with Crippen molar-refractivity contribution in [3.8, 4) is 11.8 Å². The Kier molecular flexibility index (Phi) is 7.72. The zero-order valence-corrected chi connectivity index (χ0v) is 21.9. The number of carbonyl (C=O) groups is 3. The fourth-order valence-electron chi connectivity index (χ4n) is 5.15. The van der Waals surface area contributed by atoms with Gasteiger partial charge in [-0.25, -0.2) is 14.8 Å². The molecule has 5 rings (SSSR count). The van der Waals surface area contributed by atoms with E-state index in [0.29, 0.717) is 55.8 Å². The first-order chi connectivity index (χ1) is 18.9. The van der Waals surface area contributed by atoms with E-state index in [0.717, 1.165) is 18.4 Å². The van der Waals surface area contributed by atoms with Gasteiger partial charge in [0.25, 0.3) is 5.91 Å². The predicted molar refractivity (Wildman–Crippen MR) is 139 cm³/mol. The molecule has 3 aliphatic rings. The molecule has 12 nitrogen and oxygen atoms in total. The second kappa shape index (κ2) is 11.3. The van der Waals surface area contributed by atoms with Crippen LogP contribution in [0.4, 0.5) is 16.4 Å². The highest BCUT2D eigenvalue weighted by molar-refractivity contribution is 6.01. The average molecular weight is 535 g/mol. The average Bonchev–Trinajstić information content (AvgIpc) is 3.29. The molecule has 2 aromatic rings. The van der Waals surface area contributed by atoms with E-state index < -0.39 is 12.1 Å². The van der Waals surface area contributed by atoms with E-state index in [-0.39, 0.29) is 41.7 Å². The molecule has 3 amide bonds. The molecule has 12 heteroatoms. The van der Waals surface area contributed by atoms with Crippen LogP contribution in [-0.2, 0) is 27.2 Å². The van der Waals surface area contributed by atoms with Crippen LogP contribution in [0.1, 0.15) is 52.9 Å². The van der Waals surface area contributed by atoms with E-state index in [9.17, 15) is 19.6 Å². The van der Waals surface area contributed by atoms with Crippen molar-refractivity contribution in [1.29, 1.82) is 5.26 Å². The van der Waals surface area contributed by atoms with Gasteiger partial charge in [0, 0.05) is 51.9 Å². The van der Waals surface area contributed by atoms with Crippen LogP contribution in [0, 0.1) is 11.3 Å². The summed E-state index contributed by atoms with van der Waals surface area (Å²) in [5.74, 6) is 0.838. The SMILES string of the molecule is CO[C@@H]1CCN(Cc2cc3c(nc2C=O)N(C(=O)Nc2cc(O[C@@H]4CC[C@H]4OC)c(C#N)cn2)CCC3)C1=O. The normalized spacial score (nSPS) is 22.1. The molecule has 1 saturated heterocycles. The minimum absolute atomic E-state index is 0.0411. The van der Waals surface area contributed by atoms with Crippen molar-refractivity contribution >= 4 is 29.9 Å². The summed E-state index contributed by atoms with van der Waals surface area (Å²) in [6.45, 7) is 1.19. The van der Waals surface area contributed by atoms with Gasteiger partial charge >= 0.3 is 6.03 Å². The number of nitriles is 1. The predicted octanol–water partition coefficient (Wildman–Crippen LogP) is 2.45. The lowest BCUT2D eigenvalue weighted by atomic mass is 9.92. The van der Waals surface area contributed by atoms with Gasteiger partial charge in [0.05, 0.1) is 12.3 Å². The summed E-state index contributed by atoms with van der Waals surface area (Å²) in [6.07, 6.45) is 5.00. The molecular formula is C27H30N6O6. The van der Waals surface area contributed by atoms with Gasteiger partial charge in [-0.1, -0.05) is 0 Å². The highest BCUT2D eigenvalue weighted by atomic mass is 16.5. The fourth-order valence-corrected chi connectivity index (χ4v) is 5.15. The van der Waals surface area contributed by atoms with Crippen molar-refractivity contribution in [2.45, 2.75) is 57.0 Å². The molecule has 39 heavy (non-hydrogen) atoms. The largest absolute Gasteiger partial charge is 0.486 e. The summed E-state index contributed by atoms with van der Waals surface area (Å²) >= 11 is 0. The third-order valence-corrected chi connectivity index (χ3v) is 7.48. The first-order valence-corrected chi connectivity index (χ1v) is 12.9. The molecule has 1 aliphatic carbocycles. The lowest BCUT2D eigenvalue weighted by Gasteiger charge is -2.35. The molecular weight excluding hydrogens is 504 g/mol. The monoisotopic (exact) mass is 534 g/mol. The van der Waals surface area contributed by atoms with Crippen LogP contribution in [0.5, 0.6) is 5.75 Å². The van der Waals surface area contributed by atoms with Gasteiger partial charge in [0.1, 0.15) is 46.9 Å². The molecule has 1 saturated carbocycles. The molecule has 2 fully saturated rings. The number of aryl methyl sites for hydroxylation is 1. The number of carbonyl (C=O) groups excluding carboxylic acids is 3. The topological polar surface area (TPSA) is 147 Å². The Balaban J connectivity index is 1.34. The second-order valence-corrected chi connectivity index (χ2v) is 9.78. The van der Waals surface area contributed by atoms with Crippen LogP contribution >= 0.6 is 0 Å². The Morgan fingerprint density at radius 2 is 2.03 bits per heavy atom. The number of hydrogen-bond donors (Lipinski definition) is 1. The molecule has 0 spiro atoms. The second-order valence-electron chi connectivity index (χ2n) is 9.78. The van der Waals surface area contributed by atoms with Crippen molar-refractivity contribution in [2.75, 3.05) is 37.5 Å². The molecule has 2 aromatic heterocycles. The number of aromatic nitrogens is 2. The van der Waals surface area contributed by atoms with Crippen LogP contribution < -0.4 is 15.0 Å². The maximum absolute atomic E-state index is 13.3. The van der Waals surface area contributed by atoms with Gasteiger partial charge in [-0.15, -0.1) is 0 Å². The Hall–Kier alpha value is -4.08. The number of rotatable bonds is 8. The number of pyridine rings is 2. The van der Waals surface area contributed by atoms with Gasteiger partial charge in [-0.2, -0.15) is 5.26 Å². The molecule has 2 aliphatic heterocycles. The third-order valence-electron chi connectivity index (χ3n) is 7.48. The number of anilines is 2. The summed E-state index contributed by atoms with van der Waals surface area (Å²) in [5, 5.41) is 12.2. The number of hydrogen-bond acceptors (Lipinski definition) is 9. The van der Waals surface area contributed by atoms with Gasteiger partial charge in [-0.3, -0.25) is 19.8 Å². The fraction of sp³-hybridized carbons (Fsp3) is 0.481. The number of nitrogens with zero attached hydrogens (tertiary/aromatic N) is 5. The van der Waals surface area contributed by atoms with E-state index in [1.165, 1.54) is 24.3 Å². The number of methoxy groups -OCH3 is 2. The van der Waals surface area contributed by atoms with Crippen molar-refractivity contribution in [3.63, 3.8) is 0 Å². The van der Waals surface area contributed by atoms with Crippen LogP contribution in [0.25, 0.3) is 0 Å². The molecule has 0 radical (unpaired) electrons. The van der Waals surface area contributed by atoms with Crippen molar-refractivity contribution in [2.24, 2.45) is 0 Å². The van der Waals surface area contributed by atoms with Crippen LogP contribution in [-0.4, -0.2) is 78.7 Å². The standard InChI is InChI=1S/C27H30N6O6/c1-37-20-5-6-21(20)39-23-11-24(29-13-18(23)12-28)31-27(36)33-8-3-4-16-10-17(19(15-34)30-25(16)33)14-32-9-7-22(38-2)26(32)35/h10-11,13,15,20-22H,3-9,14H2,1-2H3,(H,29,31,36)/t20-,21-,22-/m1/s1. The quantitative estimate of drug-likeness (QED) is 0.504. The number of amides is 3. The van der Waals surface area contributed by atoms with Crippen LogP contribution in [0.3, 0.4) is 0 Å². The van der Waals surface area contributed by atoms with Gasteiger partial charge < -0.3 is 19.1 Å². The Morgan fingerprint density at radius 3 is 2.69 bits per heavy atom. The summed E-state index contributed by atoms with van der Waals surface area (Å²) in [5.41, 5.74) is 1.90. The van der Waals surface area contributed by atoms with E-state index in [1.54, 1.807) is 12.0 Å². The maximum Gasteiger partial charge on any atom is 0.328 e. The summed E-state index contributed by atoms with van der Waals surface area (Å²) in [7, 11) is 3.13. The van der Waals surface area contributed by atoms with Gasteiger partial charge in [0.2, 0.25) is 0 Å². The van der Waals surface area contributed by atoms with Gasteiger partial charge in [0.15, 0.2) is 6.29 Å². The third kappa shape index (κ3) is 5.28. The first kappa shape index (κ1) is 26.5. The zero-order chi connectivity index (χ0) is 27.5. The maximum atomic E-state index is 13.3. The molecule has 0 bridgehead atoms. The molecule has 0 aromatic carbocycles. The smallest absolute Gasteiger partial charge is 0.328 e. The Bertz CT molecular complexity index is 1320. The number of nitrogens with one attached hydrogen (secondary N) is 1. The van der Waals surface area contributed by atoms with E-state index in [4.69, 9.17) is 14.2 Å². The van der Waals surface area contributed by atoms with Crippen molar-refractivity contribution in [3.05, 3.63) is 40.7 Å². The minimum Gasteiger partial charge on any atom is -0.486 e. The first-order valence-electron chi connectivity index (χ1n) is 12.9. The lowest BCUT2D eigenvalue weighted by Crippen LogP contribution is -2.42. The Morgan fingerprint density at radius 1 is 1.21 bits per heavy atom. The summed E-state index contributed by atoms with van der Waals surface area (Å²) < 4.78 is 16.6. The van der Waals surface area contributed by atoms with E-state index in [2.05, 4.69) is 21.4 Å². The highest BCUT2D eigenvalue weighted by Crippen LogP contribution is 2.32. The summed E-state index contributed by atoms with van der Waals surface area (Å²) in [4.78, 5) is 49.6. The minimum atomic E-state index is -0.466. The van der Waals surface area contributed by atoms with Gasteiger partial charge in [-0.05, 0) is 37.3 Å². The highest BCUT2D eigenvalue weighted by Gasteiger charge is 2.34. The van der Waals surface area contributed by atoms with E-state index in [1.807, 2.05) is 6.07 Å². The molecule has 204 valence electrons. The number of ether oxygens (including phenoxy) is 3. The van der Waals surface area contributed by atoms with Crippen molar-refractivity contribution in [1.82, 2.24) is 14.9 Å².